The van der Waals surface area contributed by atoms with Crippen LogP contribution in [0.4, 0.5) is 0 Å². The summed E-state index contributed by atoms with van der Waals surface area (Å²) in [6, 6.07) is 1.84. The van der Waals surface area contributed by atoms with Crippen LogP contribution in [0, 0.1) is 6.92 Å². The van der Waals surface area contributed by atoms with Crippen LogP contribution in [0.25, 0.3) is 5.65 Å². The van der Waals surface area contributed by atoms with Crippen LogP contribution >= 0.6 is 23.4 Å². The minimum Gasteiger partial charge on any atom is -0.216 e. The normalized spacial score (nSPS) is 11.0. The lowest BCUT2D eigenvalue weighted by Crippen LogP contribution is -1.98. The van der Waals surface area contributed by atoms with Gasteiger partial charge in [0.2, 0.25) is 0 Å². The largest absolute Gasteiger partial charge is 0.216 e. The number of hydrogen-bond donors (Lipinski definition) is 0. The van der Waals surface area contributed by atoms with E-state index >= 15 is 0 Å². The predicted molar refractivity (Wildman–Crippen MR) is 54.5 cm³/mol. The maximum Gasteiger partial charge on any atom is 0.157 e. The van der Waals surface area contributed by atoms with Crippen LogP contribution in [0.5, 0.6) is 0 Å². The van der Waals surface area contributed by atoms with E-state index in [0.29, 0.717) is 5.15 Å². The highest BCUT2D eigenvalue weighted by molar-refractivity contribution is 7.98. The van der Waals surface area contributed by atoms with E-state index in [2.05, 4.69) is 10.1 Å². The quantitative estimate of drug-likeness (QED) is 0.538. The maximum absolute atomic E-state index is 5.96. The average Bonchev–Trinajstić information content (AvgIpc) is 2.54. The fraction of sp³-hybridized carbons (Fsp3) is 0.250. The molecular formula is C8H8ClN3S. The van der Waals surface area contributed by atoms with E-state index in [9.17, 15) is 0 Å². The molecule has 0 atom stereocenters. The molecule has 0 aliphatic carbocycles. The van der Waals surface area contributed by atoms with E-state index in [-0.39, 0.29) is 0 Å². The van der Waals surface area contributed by atoms with Gasteiger partial charge in [-0.1, -0.05) is 11.6 Å². The second kappa shape index (κ2) is 3.20. The van der Waals surface area contributed by atoms with Crippen LogP contribution in [-0.2, 0) is 0 Å². The number of rotatable bonds is 1. The first kappa shape index (κ1) is 8.84. The lowest BCUT2D eigenvalue weighted by atomic mass is 10.4. The number of fused-ring (bicyclic) bond motifs is 1. The predicted octanol–water partition coefficient (Wildman–Crippen LogP) is 2.41. The molecule has 2 rings (SSSR count). The molecule has 0 aliphatic rings. The van der Waals surface area contributed by atoms with Gasteiger partial charge in [-0.15, -0.1) is 11.8 Å². The van der Waals surface area contributed by atoms with Gasteiger partial charge in [0.15, 0.2) is 5.65 Å². The van der Waals surface area contributed by atoms with Crippen molar-refractivity contribution in [1.29, 1.82) is 0 Å². The summed E-state index contributed by atoms with van der Waals surface area (Å²) < 4.78 is 1.80. The van der Waals surface area contributed by atoms with Crippen molar-refractivity contribution in [3.8, 4) is 0 Å². The Morgan fingerprint density at radius 2 is 2.31 bits per heavy atom. The summed E-state index contributed by atoms with van der Waals surface area (Å²) in [5.41, 5.74) is 1.77. The zero-order valence-corrected chi connectivity index (χ0v) is 8.85. The van der Waals surface area contributed by atoms with Crippen molar-refractivity contribution in [2.45, 2.75) is 11.9 Å². The van der Waals surface area contributed by atoms with Gasteiger partial charge >= 0.3 is 0 Å². The molecule has 0 radical (unpaired) electrons. The van der Waals surface area contributed by atoms with Crippen molar-refractivity contribution in [2.75, 3.05) is 6.26 Å². The van der Waals surface area contributed by atoms with Gasteiger partial charge in [0.25, 0.3) is 0 Å². The van der Waals surface area contributed by atoms with Crippen LogP contribution in [0.2, 0.25) is 5.15 Å². The summed E-state index contributed by atoms with van der Waals surface area (Å²) in [5.74, 6) is 0. The van der Waals surface area contributed by atoms with Gasteiger partial charge in [-0.25, -0.2) is 9.50 Å². The highest BCUT2D eigenvalue weighted by Crippen LogP contribution is 2.25. The molecule has 0 N–H and O–H groups in total. The molecule has 2 aromatic heterocycles. The van der Waals surface area contributed by atoms with Gasteiger partial charge in [0.1, 0.15) is 10.2 Å². The average molecular weight is 214 g/mol. The van der Waals surface area contributed by atoms with Crippen molar-refractivity contribution in [1.82, 2.24) is 14.6 Å². The molecule has 0 aromatic carbocycles. The molecule has 0 saturated heterocycles. The Kier molecular flexibility index (Phi) is 2.17. The first-order chi connectivity index (χ1) is 6.24. The molecule has 0 fully saturated rings. The molecule has 0 amide bonds. The molecule has 0 aliphatic heterocycles. The lowest BCUT2D eigenvalue weighted by Gasteiger charge is -2.06. The lowest BCUT2D eigenvalue weighted by molar-refractivity contribution is 0.828. The number of thioether (sulfide) groups is 1. The summed E-state index contributed by atoms with van der Waals surface area (Å²) in [4.78, 5) is 4.20. The summed E-state index contributed by atoms with van der Waals surface area (Å²) in [6.07, 6.45) is 3.72. The van der Waals surface area contributed by atoms with Crippen molar-refractivity contribution in [3.05, 3.63) is 23.0 Å². The third-order valence-corrected chi connectivity index (χ3v) is 3.09. The first-order valence-corrected chi connectivity index (χ1v) is 5.38. The van der Waals surface area contributed by atoms with Crippen molar-refractivity contribution >= 4 is 29.0 Å². The number of nitrogens with zero attached hydrogens (tertiary/aromatic N) is 3. The molecular weight excluding hydrogens is 206 g/mol. The molecule has 68 valence electrons. The molecule has 13 heavy (non-hydrogen) atoms. The Hall–Kier alpha value is -0.740. The van der Waals surface area contributed by atoms with Crippen molar-refractivity contribution in [2.24, 2.45) is 0 Å². The Bertz CT molecular complexity index is 452. The molecule has 0 bridgehead atoms. The van der Waals surface area contributed by atoms with Crippen LogP contribution in [-0.4, -0.2) is 20.9 Å². The second-order valence-electron chi connectivity index (χ2n) is 2.64. The fourth-order valence-electron chi connectivity index (χ4n) is 1.21. The summed E-state index contributed by atoms with van der Waals surface area (Å²) >= 11 is 7.58. The molecule has 5 heteroatoms. The van der Waals surface area contributed by atoms with Gasteiger partial charge in [-0.2, -0.15) is 5.10 Å². The van der Waals surface area contributed by atoms with Crippen LogP contribution in [0.15, 0.2) is 17.3 Å². The van der Waals surface area contributed by atoms with Gasteiger partial charge in [-0.05, 0) is 13.2 Å². The fourth-order valence-corrected chi connectivity index (χ4v) is 2.16. The Labute approximate surface area is 85.1 Å². The van der Waals surface area contributed by atoms with Gasteiger partial charge in [0, 0.05) is 11.6 Å². The highest BCUT2D eigenvalue weighted by Gasteiger charge is 2.09. The number of halogens is 1. The summed E-state index contributed by atoms with van der Waals surface area (Å²) in [7, 11) is 0. The molecule has 2 heterocycles. The van der Waals surface area contributed by atoms with Gasteiger partial charge in [0.05, 0.1) is 6.20 Å². The molecule has 3 nitrogen and oxygen atoms in total. The SMILES string of the molecule is CSc1c(C)c(Cl)nc2ccnn12. The van der Waals surface area contributed by atoms with E-state index < -0.39 is 0 Å². The van der Waals surface area contributed by atoms with Gasteiger partial charge in [-0.3, -0.25) is 0 Å². The first-order valence-electron chi connectivity index (χ1n) is 3.78. The monoisotopic (exact) mass is 213 g/mol. The Balaban J connectivity index is 2.87. The van der Waals surface area contributed by atoms with Gasteiger partial charge < -0.3 is 0 Å². The smallest absolute Gasteiger partial charge is 0.157 e. The van der Waals surface area contributed by atoms with E-state index in [1.165, 1.54) is 0 Å². The van der Waals surface area contributed by atoms with Crippen LogP contribution < -0.4 is 0 Å². The second-order valence-corrected chi connectivity index (χ2v) is 3.79. The van der Waals surface area contributed by atoms with E-state index in [4.69, 9.17) is 11.6 Å². The standard InChI is InChI=1S/C8H8ClN3S/c1-5-7(9)11-6-3-4-10-12(6)8(5)13-2/h3-4H,1-2H3. The Morgan fingerprint density at radius 3 is 3.00 bits per heavy atom. The zero-order valence-electron chi connectivity index (χ0n) is 7.28. The Morgan fingerprint density at radius 1 is 1.54 bits per heavy atom. The number of hydrogen-bond acceptors (Lipinski definition) is 3. The molecule has 0 saturated carbocycles. The topological polar surface area (TPSA) is 30.2 Å². The van der Waals surface area contributed by atoms with Crippen molar-refractivity contribution in [3.63, 3.8) is 0 Å². The zero-order chi connectivity index (χ0) is 9.42. The van der Waals surface area contributed by atoms with Crippen LogP contribution in [0.3, 0.4) is 0 Å². The van der Waals surface area contributed by atoms with Crippen LogP contribution in [0.1, 0.15) is 5.56 Å². The number of aromatic nitrogens is 3. The minimum atomic E-state index is 0.553. The third kappa shape index (κ3) is 1.30. The highest BCUT2D eigenvalue weighted by atomic mass is 35.5. The summed E-state index contributed by atoms with van der Waals surface area (Å²) in [5, 5.41) is 5.76. The van der Waals surface area contributed by atoms with Crippen molar-refractivity contribution < 1.29 is 0 Å². The molecule has 0 spiro atoms. The third-order valence-electron chi connectivity index (χ3n) is 1.85. The maximum atomic E-state index is 5.96. The summed E-state index contributed by atoms with van der Waals surface area (Å²) in [6.45, 7) is 1.95. The molecule has 0 unspecified atom stereocenters. The minimum absolute atomic E-state index is 0.553. The van der Waals surface area contributed by atoms with E-state index in [1.54, 1.807) is 22.5 Å². The van der Waals surface area contributed by atoms with E-state index in [0.717, 1.165) is 16.2 Å². The molecule has 2 aromatic rings. The van der Waals surface area contributed by atoms with E-state index in [1.807, 2.05) is 19.2 Å².